The zero-order chi connectivity index (χ0) is 51.8. The Morgan fingerprint density at radius 2 is 0.278 bits per heavy atom. The van der Waals surface area contributed by atoms with Gasteiger partial charge in [0.1, 0.15) is 0 Å². The Kier molecular flexibility index (Phi) is 66.6. The first kappa shape index (κ1) is 71.7. The smallest absolute Gasteiger partial charge is 0.0351 e. The number of hydrogen-bond acceptors (Lipinski definition) is 0. The molecular formula is C72H144. The van der Waals surface area contributed by atoms with Crippen LogP contribution in [0.1, 0.15) is 439 Å². The van der Waals surface area contributed by atoms with Gasteiger partial charge in [-0.3, -0.25) is 0 Å². The summed E-state index contributed by atoms with van der Waals surface area (Å²) < 4.78 is 0. The van der Waals surface area contributed by atoms with Gasteiger partial charge in [-0.25, -0.2) is 0 Å². The molecule has 0 nitrogen and oxygen atoms in total. The molecule has 0 heterocycles. The summed E-state index contributed by atoms with van der Waals surface area (Å²) >= 11 is 0. The molecule has 0 amide bonds. The summed E-state index contributed by atoms with van der Waals surface area (Å²) in [4.78, 5) is 0. The highest BCUT2D eigenvalue weighted by Crippen LogP contribution is 2.34. The van der Waals surface area contributed by atoms with Gasteiger partial charge >= 0.3 is 0 Å². The summed E-state index contributed by atoms with van der Waals surface area (Å²) in [6.07, 6.45) is 99.3. The molecule has 0 bridgehead atoms. The average Bonchev–Trinajstić information content (AvgIpc) is 3.39. The lowest BCUT2D eigenvalue weighted by atomic mass is 9.78. The molecule has 0 fully saturated rings. The zero-order valence-corrected chi connectivity index (χ0v) is 51.6. The molecule has 0 aromatic rings. The van der Waals surface area contributed by atoms with E-state index in [9.17, 15) is 0 Å². The van der Waals surface area contributed by atoms with Gasteiger partial charge in [0, 0.05) is 0 Å². The van der Waals surface area contributed by atoms with Crippen molar-refractivity contribution >= 4 is 0 Å². The van der Waals surface area contributed by atoms with E-state index in [0.29, 0.717) is 0 Å². The summed E-state index contributed by atoms with van der Waals surface area (Å²) in [5, 5.41) is 0. The molecule has 0 saturated heterocycles. The number of unbranched alkanes of at least 4 members (excludes halogenated alkanes) is 55. The van der Waals surface area contributed by atoms with Gasteiger partial charge in [-0.2, -0.15) is 0 Å². The fraction of sp³-hybridized carbons (Fsp3) is 0.972. The highest BCUT2D eigenvalue weighted by atomic mass is 14.3. The van der Waals surface area contributed by atoms with E-state index in [4.69, 9.17) is 0 Å². The maximum Gasteiger partial charge on any atom is -0.0351 e. The van der Waals surface area contributed by atoms with Crippen LogP contribution in [0.5, 0.6) is 0 Å². The largest absolute Gasteiger partial charge is 0.0885 e. The molecule has 0 aromatic carbocycles. The molecule has 1 unspecified atom stereocenters. The van der Waals surface area contributed by atoms with Crippen molar-refractivity contribution in [3.8, 4) is 0 Å². The minimum atomic E-state index is 1.00. The van der Waals surface area contributed by atoms with E-state index < -0.39 is 0 Å². The second-order valence-corrected chi connectivity index (χ2v) is 24.8. The lowest BCUT2D eigenvalue weighted by molar-refractivity contribution is 0.236. The highest BCUT2D eigenvalue weighted by Gasteiger charge is 2.21. The molecule has 0 N–H and O–H groups in total. The lowest BCUT2D eigenvalue weighted by Crippen LogP contribution is -2.16. The van der Waals surface area contributed by atoms with Gasteiger partial charge in [0.25, 0.3) is 0 Å². The van der Waals surface area contributed by atoms with Crippen molar-refractivity contribution in [2.45, 2.75) is 439 Å². The Bertz CT molecular complexity index is 894. The van der Waals surface area contributed by atoms with Gasteiger partial charge in [-0.05, 0) is 37.5 Å². The third-order valence-electron chi connectivity index (χ3n) is 17.5. The molecule has 0 rings (SSSR count). The molecule has 0 aliphatic carbocycles. The Labute approximate surface area is 460 Å². The first-order chi connectivity index (χ1) is 35.8. The Hall–Kier alpha value is -0.260. The molecule has 0 aliphatic rings. The summed E-state index contributed by atoms with van der Waals surface area (Å²) in [5.41, 5.74) is 0. The molecule has 72 heavy (non-hydrogen) atoms. The predicted molar refractivity (Wildman–Crippen MR) is 334 cm³/mol. The molecule has 0 aromatic heterocycles. The standard InChI is InChI=1S/C72H144/c1-5-9-13-17-21-25-29-33-37-40-44-48-52-56-60-64-68-71(67-63-59-55-51-47-43-36-32-28-24-20-16-12-8-4)72(69-65-61-57-53-49-45-41-38-34-30-26-22-18-14-10-6-2)70-66-62-58-54-50-46-42-39-35-31-27-23-19-15-11-7-3/h36,43,71-72H,5-35,37-42,44-70H2,1-4H3. The monoisotopic (exact) mass is 1010 g/mol. The van der Waals surface area contributed by atoms with Crippen molar-refractivity contribution in [3.63, 3.8) is 0 Å². The van der Waals surface area contributed by atoms with Crippen molar-refractivity contribution < 1.29 is 0 Å². The summed E-state index contributed by atoms with van der Waals surface area (Å²) in [5.74, 6) is 2.01. The maximum atomic E-state index is 2.53. The van der Waals surface area contributed by atoms with E-state index in [0.717, 1.165) is 11.8 Å². The van der Waals surface area contributed by atoms with E-state index in [2.05, 4.69) is 39.8 Å². The van der Waals surface area contributed by atoms with E-state index in [1.54, 1.807) is 19.3 Å². The van der Waals surface area contributed by atoms with Crippen LogP contribution in [0.4, 0.5) is 0 Å². The van der Waals surface area contributed by atoms with Crippen LogP contribution in [0.15, 0.2) is 12.2 Å². The topological polar surface area (TPSA) is 0 Å². The second-order valence-electron chi connectivity index (χ2n) is 24.8. The first-order valence-corrected chi connectivity index (χ1v) is 35.4. The molecule has 432 valence electrons. The second kappa shape index (κ2) is 66.9. The van der Waals surface area contributed by atoms with Gasteiger partial charge < -0.3 is 0 Å². The summed E-state index contributed by atoms with van der Waals surface area (Å²) in [7, 11) is 0. The van der Waals surface area contributed by atoms with E-state index in [1.807, 2.05) is 0 Å². The molecule has 0 saturated carbocycles. The zero-order valence-electron chi connectivity index (χ0n) is 51.6. The quantitative estimate of drug-likeness (QED) is 0.0421. The van der Waals surface area contributed by atoms with Crippen LogP contribution in [0.2, 0.25) is 0 Å². The van der Waals surface area contributed by atoms with Gasteiger partial charge in [-0.1, -0.05) is 425 Å². The molecule has 0 aliphatic heterocycles. The Morgan fingerprint density at radius 3 is 0.431 bits per heavy atom. The van der Waals surface area contributed by atoms with Gasteiger partial charge in [0.05, 0.1) is 0 Å². The molecular weight excluding hydrogens is 865 g/mol. The van der Waals surface area contributed by atoms with E-state index >= 15 is 0 Å². The van der Waals surface area contributed by atoms with E-state index in [1.165, 1.54) is 392 Å². The average molecular weight is 1010 g/mol. The third-order valence-corrected chi connectivity index (χ3v) is 17.5. The minimum absolute atomic E-state index is 1.00. The van der Waals surface area contributed by atoms with Crippen LogP contribution in [0.25, 0.3) is 0 Å². The van der Waals surface area contributed by atoms with Gasteiger partial charge in [-0.15, -0.1) is 0 Å². The fourth-order valence-electron chi connectivity index (χ4n) is 12.4. The van der Waals surface area contributed by atoms with Crippen LogP contribution < -0.4 is 0 Å². The van der Waals surface area contributed by atoms with Crippen molar-refractivity contribution in [2.75, 3.05) is 0 Å². The summed E-state index contributed by atoms with van der Waals surface area (Å²) in [6.45, 7) is 9.32. The van der Waals surface area contributed by atoms with Crippen molar-refractivity contribution in [1.29, 1.82) is 0 Å². The number of rotatable bonds is 66. The van der Waals surface area contributed by atoms with Gasteiger partial charge in [0.2, 0.25) is 0 Å². The molecule has 0 radical (unpaired) electrons. The maximum absolute atomic E-state index is 2.53. The van der Waals surface area contributed by atoms with Crippen LogP contribution >= 0.6 is 0 Å². The molecule has 0 heteroatoms. The first-order valence-electron chi connectivity index (χ1n) is 35.4. The number of hydrogen-bond donors (Lipinski definition) is 0. The predicted octanol–water partition coefficient (Wildman–Crippen LogP) is 27.8. The van der Waals surface area contributed by atoms with Crippen LogP contribution in [0.3, 0.4) is 0 Å². The highest BCUT2D eigenvalue weighted by molar-refractivity contribution is 4.81. The minimum Gasteiger partial charge on any atom is -0.0885 e. The normalized spacial score (nSPS) is 12.4. The van der Waals surface area contributed by atoms with Gasteiger partial charge in [0.15, 0.2) is 0 Å². The van der Waals surface area contributed by atoms with Crippen molar-refractivity contribution in [1.82, 2.24) is 0 Å². The Balaban J connectivity index is 4.94. The van der Waals surface area contributed by atoms with E-state index in [-0.39, 0.29) is 0 Å². The SMILES string of the molecule is CCCCCCCCC=CCCCCCCC(CCCCCCCCCCCCCCCCCC)C(CCCCCCCCCCCCCCCCCC)CCCCCCCCCCCCCCCCCC. The summed E-state index contributed by atoms with van der Waals surface area (Å²) in [6, 6.07) is 0. The van der Waals surface area contributed by atoms with Crippen LogP contribution in [-0.2, 0) is 0 Å². The lowest BCUT2D eigenvalue weighted by Gasteiger charge is -2.28. The Morgan fingerprint density at radius 1 is 0.153 bits per heavy atom. The van der Waals surface area contributed by atoms with Crippen molar-refractivity contribution in [2.24, 2.45) is 11.8 Å². The molecule has 0 spiro atoms. The van der Waals surface area contributed by atoms with Crippen molar-refractivity contribution in [3.05, 3.63) is 12.2 Å². The number of allylic oxidation sites excluding steroid dienone is 2. The van der Waals surface area contributed by atoms with Crippen LogP contribution in [-0.4, -0.2) is 0 Å². The third kappa shape index (κ3) is 60.6. The fourth-order valence-corrected chi connectivity index (χ4v) is 12.4. The molecule has 1 atom stereocenters. The van der Waals surface area contributed by atoms with Crippen LogP contribution in [0, 0.1) is 11.8 Å².